The average molecular weight is 378 g/mol. The van der Waals surface area contributed by atoms with Crippen LogP contribution in [0.15, 0.2) is 42.5 Å². The lowest BCUT2D eigenvalue weighted by Crippen LogP contribution is -2.24. The lowest BCUT2D eigenvalue weighted by atomic mass is 9.98. The molecule has 0 fully saturated rings. The second kappa shape index (κ2) is 5.93. The van der Waals surface area contributed by atoms with Gasteiger partial charge in [-0.05, 0) is 83.1 Å². The second-order valence-corrected chi connectivity index (χ2v) is 6.12. The van der Waals surface area contributed by atoms with Crippen molar-refractivity contribution in [2.24, 2.45) is 0 Å². The van der Waals surface area contributed by atoms with Crippen LogP contribution in [0.1, 0.15) is 21.5 Å². The van der Waals surface area contributed by atoms with Crippen molar-refractivity contribution in [3.05, 3.63) is 62.7 Å². The summed E-state index contributed by atoms with van der Waals surface area (Å²) >= 11 is 2.25. The first-order chi connectivity index (χ1) is 9.72. The number of halogens is 1. The van der Waals surface area contributed by atoms with E-state index >= 15 is 0 Å². The zero-order valence-electron chi connectivity index (χ0n) is 10.9. The Morgan fingerprint density at radius 3 is 2.70 bits per heavy atom. The predicted molar refractivity (Wildman–Crippen MR) is 89.0 cm³/mol. The van der Waals surface area contributed by atoms with E-state index in [1.165, 1.54) is 11.1 Å². The van der Waals surface area contributed by atoms with Gasteiger partial charge in [-0.25, -0.2) is 0 Å². The third-order valence-electron chi connectivity index (χ3n) is 3.46. The zero-order chi connectivity index (χ0) is 13.9. The minimum atomic E-state index is -0.0559. The van der Waals surface area contributed by atoms with E-state index in [-0.39, 0.29) is 5.91 Å². The fraction of sp³-hybridized carbons (Fsp3) is 0.188. The fourth-order valence-corrected chi connectivity index (χ4v) is 2.72. The molecule has 0 saturated carbocycles. The van der Waals surface area contributed by atoms with Crippen molar-refractivity contribution < 1.29 is 4.79 Å². The molecule has 0 saturated heterocycles. The van der Waals surface area contributed by atoms with Gasteiger partial charge in [0, 0.05) is 21.4 Å². The van der Waals surface area contributed by atoms with Crippen LogP contribution in [0.5, 0.6) is 0 Å². The Morgan fingerprint density at radius 2 is 1.90 bits per heavy atom. The van der Waals surface area contributed by atoms with Gasteiger partial charge in [0.1, 0.15) is 0 Å². The molecule has 102 valence electrons. The summed E-state index contributed by atoms with van der Waals surface area (Å²) in [5.74, 6) is -0.0559. The summed E-state index contributed by atoms with van der Waals surface area (Å²) in [6, 6.07) is 13.8. The van der Waals surface area contributed by atoms with Crippen molar-refractivity contribution in [3.63, 3.8) is 0 Å². The number of benzene rings is 2. The van der Waals surface area contributed by atoms with Crippen molar-refractivity contribution in [2.45, 2.75) is 13.0 Å². The highest BCUT2D eigenvalue weighted by molar-refractivity contribution is 14.1. The van der Waals surface area contributed by atoms with Crippen molar-refractivity contribution in [3.8, 4) is 0 Å². The van der Waals surface area contributed by atoms with Crippen LogP contribution in [-0.4, -0.2) is 12.5 Å². The van der Waals surface area contributed by atoms with Gasteiger partial charge in [0.25, 0.3) is 5.91 Å². The molecule has 0 bridgehead atoms. The summed E-state index contributed by atoms with van der Waals surface area (Å²) in [7, 11) is 0. The molecule has 0 atom stereocenters. The highest BCUT2D eigenvalue weighted by atomic mass is 127. The highest BCUT2D eigenvalue weighted by Crippen LogP contribution is 2.17. The maximum Gasteiger partial charge on any atom is 0.255 e. The molecule has 4 heteroatoms. The summed E-state index contributed by atoms with van der Waals surface area (Å²) in [6.45, 7) is 1.86. The average Bonchev–Trinajstić information content (AvgIpc) is 2.49. The van der Waals surface area contributed by atoms with Crippen molar-refractivity contribution >= 4 is 34.2 Å². The van der Waals surface area contributed by atoms with Crippen LogP contribution in [0.4, 0.5) is 5.69 Å². The standard InChI is InChI=1S/C16H15IN2O/c17-14-3-5-15(6-4-14)19-16(20)12-2-1-11-7-8-18-10-13(11)9-12/h1-6,9,18H,7-8,10H2,(H,19,20). The Morgan fingerprint density at radius 1 is 1.10 bits per heavy atom. The predicted octanol–water partition coefficient (Wildman–Crippen LogP) is 3.19. The number of nitrogens with one attached hydrogen (secondary N) is 2. The first-order valence-electron chi connectivity index (χ1n) is 6.62. The molecule has 3 rings (SSSR count). The van der Waals surface area contributed by atoms with E-state index in [0.29, 0.717) is 5.56 Å². The molecule has 0 spiro atoms. The molecule has 2 aromatic rings. The third-order valence-corrected chi connectivity index (χ3v) is 4.18. The van der Waals surface area contributed by atoms with E-state index in [2.05, 4.69) is 39.3 Å². The van der Waals surface area contributed by atoms with Crippen LogP contribution in [0, 0.1) is 3.57 Å². The van der Waals surface area contributed by atoms with Crippen LogP contribution in [-0.2, 0) is 13.0 Å². The molecule has 0 aliphatic carbocycles. The lowest BCUT2D eigenvalue weighted by molar-refractivity contribution is 0.102. The van der Waals surface area contributed by atoms with E-state index in [0.717, 1.165) is 28.8 Å². The molecule has 2 N–H and O–H groups in total. The Labute approximate surface area is 131 Å². The Kier molecular flexibility index (Phi) is 4.03. The molecule has 0 aromatic heterocycles. The van der Waals surface area contributed by atoms with Crippen molar-refractivity contribution in [1.82, 2.24) is 5.32 Å². The SMILES string of the molecule is O=C(Nc1ccc(I)cc1)c1ccc2c(c1)CNCC2. The highest BCUT2D eigenvalue weighted by Gasteiger charge is 2.12. The minimum absolute atomic E-state index is 0.0559. The molecule has 1 aliphatic rings. The first kappa shape index (κ1) is 13.6. The van der Waals surface area contributed by atoms with E-state index in [1.807, 2.05) is 36.4 Å². The Balaban J connectivity index is 1.78. The van der Waals surface area contributed by atoms with Gasteiger partial charge in [-0.15, -0.1) is 0 Å². The second-order valence-electron chi connectivity index (χ2n) is 4.87. The third kappa shape index (κ3) is 3.02. The fourth-order valence-electron chi connectivity index (χ4n) is 2.36. The number of carbonyl (C=O) groups excluding carboxylic acids is 1. The zero-order valence-corrected chi connectivity index (χ0v) is 13.1. The Hall–Kier alpha value is -1.40. The topological polar surface area (TPSA) is 41.1 Å². The molecule has 1 heterocycles. The van der Waals surface area contributed by atoms with Gasteiger partial charge in [0.15, 0.2) is 0 Å². The minimum Gasteiger partial charge on any atom is -0.322 e. The van der Waals surface area contributed by atoms with Gasteiger partial charge in [0.05, 0.1) is 0 Å². The smallest absolute Gasteiger partial charge is 0.255 e. The van der Waals surface area contributed by atoms with Gasteiger partial charge >= 0.3 is 0 Å². The number of hydrogen-bond acceptors (Lipinski definition) is 2. The van der Waals surface area contributed by atoms with Crippen LogP contribution in [0.2, 0.25) is 0 Å². The number of fused-ring (bicyclic) bond motifs is 1. The normalized spacial score (nSPS) is 13.7. The number of hydrogen-bond donors (Lipinski definition) is 2. The van der Waals surface area contributed by atoms with Crippen LogP contribution in [0.3, 0.4) is 0 Å². The number of anilines is 1. The summed E-state index contributed by atoms with van der Waals surface area (Å²) in [4.78, 5) is 12.3. The summed E-state index contributed by atoms with van der Waals surface area (Å²) in [6.07, 6.45) is 1.04. The maximum absolute atomic E-state index is 12.3. The van der Waals surface area contributed by atoms with Crippen LogP contribution in [0.25, 0.3) is 0 Å². The first-order valence-corrected chi connectivity index (χ1v) is 7.70. The Bertz CT molecular complexity index is 637. The van der Waals surface area contributed by atoms with Gasteiger partial charge < -0.3 is 10.6 Å². The lowest BCUT2D eigenvalue weighted by Gasteiger charge is -2.17. The molecule has 1 aliphatic heterocycles. The van der Waals surface area contributed by atoms with Gasteiger partial charge in [-0.1, -0.05) is 6.07 Å². The van der Waals surface area contributed by atoms with E-state index < -0.39 is 0 Å². The summed E-state index contributed by atoms with van der Waals surface area (Å²) in [5.41, 5.74) is 4.11. The molecule has 1 amide bonds. The number of rotatable bonds is 2. The summed E-state index contributed by atoms with van der Waals surface area (Å²) in [5, 5.41) is 6.26. The number of carbonyl (C=O) groups is 1. The monoisotopic (exact) mass is 378 g/mol. The van der Waals surface area contributed by atoms with Crippen LogP contribution < -0.4 is 10.6 Å². The molecule has 20 heavy (non-hydrogen) atoms. The van der Waals surface area contributed by atoms with E-state index in [9.17, 15) is 4.79 Å². The van der Waals surface area contributed by atoms with Crippen LogP contribution >= 0.6 is 22.6 Å². The molecular formula is C16H15IN2O. The molecule has 3 nitrogen and oxygen atoms in total. The van der Waals surface area contributed by atoms with Crippen molar-refractivity contribution in [2.75, 3.05) is 11.9 Å². The van der Waals surface area contributed by atoms with Gasteiger partial charge in [-0.2, -0.15) is 0 Å². The maximum atomic E-state index is 12.3. The van der Waals surface area contributed by atoms with E-state index in [4.69, 9.17) is 0 Å². The van der Waals surface area contributed by atoms with Crippen molar-refractivity contribution in [1.29, 1.82) is 0 Å². The molecular weight excluding hydrogens is 363 g/mol. The molecule has 2 aromatic carbocycles. The largest absolute Gasteiger partial charge is 0.322 e. The number of amides is 1. The molecule has 0 unspecified atom stereocenters. The quantitative estimate of drug-likeness (QED) is 0.789. The summed E-state index contributed by atoms with van der Waals surface area (Å²) < 4.78 is 1.15. The van der Waals surface area contributed by atoms with E-state index in [1.54, 1.807) is 0 Å². The van der Waals surface area contributed by atoms with Gasteiger partial charge in [-0.3, -0.25) is 4.79 Å². The van der Waals surface area contributed by atoms with Gasteiger partial charge in [0.2, 0.25) is 0 Å². The molecule has 0 radical (unpaired) electrons.